The highest BCUT2D eigenvalue weighted by Crippen LogP contribution is 2.44. The summed E-state index contributed by atoms with van der Waals surface area (Å²) < 4.78 is 6.28. The van der Waals surface area contributed by atoms with Crippen molar-refractivity contribution in [3.63, 3.8) is 0 Å². The molecule has 94 valence electrons. The first-order chi connectivity index (χ1) is 7.61. The summed E-state index contributed by atoms with van der Waals surface area (Å²) in [6, 6.07) is 0.351. The van der Waals surface area contributed by atoms with Crippen molar-refractivity contribution >= 4 is 0 Å². The third-order valence-corrected chi connectivity index (χ3v) is 4.53. The Morgan fingerprint density at radius 2 is 1.94 bits per heavy atom. The molecule has 2 heteroatoms. The molecule has 2 atom stereocenters. The van der Waals surface area contributed by atoms with Gasteiger partial charge in [-0.25, -0.2) is 0 Å². The van der Waals surface area contributed by atoms with Crippen LogP contribution in [0.5, 0.6) is 0 Å². The van der Waals surface area contributed by atoms with Crippen molar-refractivity contribution in [3.8, 4) is 0 Å². The summed E-state index contributed by atoms with van der Waals surface area (Å²) in [6.45, 7) is 4.41. The molecule has 1 saturated carbocycles. The van der Waals surface area contributed by atoms with Gasteiger partial charge in [0.2, 0.25) is 0 Å². The van der Waals surface area contributed by atoms with Crippen molar-refractivity contribution in [2.24, 2.45) is 11.7 Å². The molecule has 2 N–H and O–H groups in total. The first kappa shape index (κ1) is 12.4. The van der Waals surface area contributed by atoms with Gasteiger partial charge in [0, 0.05) is 6.04 Å². The van der Waals surface area contributed by atoms with Gasteiger partial charge in [0.05, 0.1) is 11.7 Å². The van der Waals surface area contributed by atoms with E-state index in [9.17, 15) is 0 Å². The second kappa shape index (κ2) is 5.05. The summed E-state index contributed by atoms with van der Waals surface area (Å²) in [7, 11) is 0. The average molecular weight is 225 g/mol. The van der Waals surface area contributed by atoms with Crippen LogP contribution in [0.15, 0.2) is 0 Å². The predicted octanol–water partition coefficient (Wildman–Crippen LogP) is 3.24. The second-order valence-electron chi connectivity index (χ2n) is 6.15. The molecule has 2 unspecified atom stereocenters. The highest BCUT2D eigenvalue weighted by atomic mass is 16.5. The Hall–Kier alpha value is -0.0800. The quantitative estimate of drug-likeness (QED) is 0.797. The SMILES string of the molecule is CC(C)C(N)CCC1CCC2(CCCC2)O1. The maximum absolute atomic E-state index is 6.28. The Morgan fingerprint density at radius 1 is 1.25 bits per heavy atom. The van der Waals surface area contributed by atoms with Crippen LogP contribution in [0.4, 0.5) is 0 Å². The van der Waals surface area contributed by atoms with E-state index < -0.39 is 0 Å². The number of rotatable bonds is 4. The summed E-state index contributed by atoms with van der Waals surface area (Å²) in [5, 5.41) is 0. The Bertz CT molecular complexity index is 221. The van der Waals surface area contributed by atoms with E-state index in [4.69, 9.17) is 10.5 Å². The Morgan fingerprint density at radius 3 is 2.56 bits per heavy atom. The fourth-order valence-corrected chi connectivity index (χ4v) is 3.20. The molecular weight excluding hydrogens is 198 g/mol. The molecule has 1 spiro atoms. The Labute approximate surface area is 99.9 Å². The third kappa shape index (κ3) is 2.78. The lowest BCUT2D eigenvalue weighted by molar-refractivity contribution is -0.0401. The van der Waals surface area contributed by atoms with Crippen LogP contribution in [0.1, 0.15) is 65.2 Å². The summed E-state index contributed by atoms with van der Waals surface area (Å²) in [4.78, 5) is 0. The lowest BCUT2D eigenvalue weighted by Gasteiger charge is -2.24. The topological polar surface area (TPSA) is 35.2 Å². The van der Waals surface area contributed by atoms with Crippen LogP contribution in [0, 0.1) is 5.92 Å². The van der Waals surface area contributed by atoms with E-state index in [-0.39, 0.29) is 0 Å². The molecule has 0 bridgehead atoms. The Balaban J connectivity index is 1.72. The van der Waals surface area contributed by atoms with E-state index in [1.165, 1.54) is 44.9 Å². The molecular formula is C14H27NO. The third-order valence-electron chi connectivity index (χ3n) is 4.53. The zero-order chi connectivity index (χ0) is 11.6. The van der Waals surface area contributed by atoms with E-state index in [2.05, 4.69) is 13.8 Å². The van der Waals surface area contributed by atoms with Crippen LogP contribution in [0.3, 0.4) is 0 Å². The lowest BCUT2D eigenvalue weighted by atomic mass is 9.96. The summed E-state index contributed by atoms with van der Waals surface area (Å²) in [5.41, 5.74) is 6.38. The molecule has 1 aliphatic heterocycles. The molecule has 2 fully saturated rings. The minimum atomic E-state index is 0.298. The van der Waals surface area contributed by atoms with Gasteiger partial charge in [-0.2, -0.15) is 0 Å². The van der Waals surface area contributed by atoms with E-state index >= 15 is 0 Å². The first-order valence-electron chi connectivity index (χ1n) is 7.05. The molecule has 16 heavy (non-hydrogen) atoms. The van der Waals surface area contributed by atoms with E-state index in [1.807, 2.05) is 0 Å². The van der Waals surface area contributed by atoms with E-state index in [0.717, 1.165) is 6.42 Å². The number of nitrogens with two attached hydrogens (primary N) is 1. The maximum Gasteiger partial charge on any atom is 0.0687 e. The normalized spacial score (nSPS) is 30.4. The second-order valence-corrected chi connectivity index (χ2v) is 6.15. The van der Waals surface area contributed by atoms with Gasteiger partial charge in [0.15, 0.2) is 0 Å². The van der Waals surface area contributed by atoms with E-state index in [0.29, 0.717) is 23.7 Å². The van der Waals surface area contributed by atoms with Gasteiger partial charge in [-0.05, 0) is 44.4 Å². The molecule has 0 radical (unpaired) electrons. The van der Waals surface area contributed by atoms with Crippen molar-refractivity contribution < 1.29 is 4.74 Å². The van der Waals surface area contributed by atoms with Crippen LogP contribution in [0.25, 0.3) is 0 Å². The van der Waals surface area contributed by atoms with Crippen molar-refractivity contribution in [2.45, 2.75) is 83.0 Å². The number of hydrogen-bond donors (Lipinski definition) is 1. The molecule has 0 amide bonds. The zero-order valence-electron chi connectivity index (χ0n) is 10.9. The van der Waals surface area contributed by atoms with Crippen LogP contribution >= 0.6 is 0 Å². The molecule has 1 heterocycles. The van der Waals surface area contributed by atoms with Gasteiger partial charge < -0.3 is 10.5 Å². The Kier molecular flexibility index (Phi) is 3.91. The maximum atomic E-state index is 6.28. The fraction of sp³-hybridized carbons (Fsp3) is 1.00. The van der Waals surface area contributed by atoms with Crippen molar-refractivity contribution in [1.29, 1.82) is 0 Å². The number of ether oxygens (including phenoxy) is 1. The molecule has 2 nitrogen and oxygen atoms in total. The fourth-order valence-electron chi connectivity index (χ4n) is 3.20. The molecule has 0 aromatic heterocycles. The largest absolute Gasteiger partial charge is 0.372 e. The van der Waals surface area contributed by atoms with Gasteiger partial charge in [-0.15, -0.1) is 0 Å². The molecule has 0 aromatic carbocycles. The average Bonchev–Trinajstić information content (AvgIpc) is 2.86. The minimum Gasteiger partial charge on any atom is -0.372 e. The highest BCUT2D eigenvalue weighted by Gasteiger charge is 2.41. The summed E-state index contributed by atoms with van der Waals surface area (Å²) in [6.07, 6.45) is 10.7. The highest BCUT2D eigenvalue weighted by molar-refractivity contribution is 4.92. The number of hydrogen-bond acceptors (Lipinski definition) is 2. The molecule has 2 rings (SSSR count). The van der Waals surface area contributed by atoms with Crippen LogP contribution in [-0.4, -0.2) is 17.7 Å². The predicted molar refractivity (Wildman–Crippen MR) is 67.4 cm³/mol. The monoisotopic (exact) mass is 225 g/mol. The van der Waals surface area contributed by atoms with Gasteiger partial charge in [0.1, 0.15) is 0 Å². The van der Waals surface area contributed by atoms with Crippen molar-refractivity contribution in [3.05, 3.63) is 0 Å². The molecule has 1 aliphatic carbocycles. The van der Waals surface area contributed by atoms with Crippen molar-refractivity contribution in [2.75, 3.05) is 0 Å². The zero-order valence-corrected chi connectivity index (χ0v) is 10.9. The van der Waals surface area contributed by atoms with Gasteiger partial charge in [0.25, 0.3) is 0 Å². The van der Waals surface area contributed by atoms with Crippen LogP contribution in [-0.2, 0) is 4.74 Å². The molecule has 1 saturated heterocycles. The smallest absolute Gasteiger partial charge is 0.0687 e. The summed E-state index contributed by atoms with van der Waals surface area (Å²) in [5.74, 6) is 0.599. The molecule has 2 aliphatic rings. The van der Waals surface area contributed by atoms with Gasteiger partial charge in [-0.1, -0.05) is 26.7 Å². The standard InChI is InChI=1S/C14H27NO/c1-11(2)13(15)6-5-12-7-10-14(16-12)8-3-4-9-14/h11-13H,3-10,15H2,1-2H3. The van der Waals surface area contributed by atoms with E-state index in [1.54, 1.807) is 0 Å². The lowest BCUT2D eigenvalue weighted by Crippen LogP contribution is -2.29. The van der Waals surface area contributed by atoms with Gasteiger partial charge in [-0.3, -0.25) is 0 Å². The summed E-state index contributed by atoms with van der Waals surface area (Å²) >= 11 is 0. The van der Waals surface area contributed by atoms with Crippen LogP contribution < -0.4 is 5.73 Å². The van der Waals surface area contributed by atoms with Crippen LogP contribution in [0.2, 0.25) is 0 Å². The van der Waals surface area contributed by atoms with Crippen molar-refractivity contribution in [1.82, 2.24) is 0 Å². The first-order valence-corrected chi connectivity index (χ1v) is 7.05. The van der Waals surface area contributed by atoms with Gasteiger partial charge >= 0.3 is 0 Å². The molecule has 0 aromatic rings. The minimum absolute atomic E-state index is 0.298.